The number of carbonyl (C=O) groups excluding carboxylic acids is 1. The van der Waals surface area contributed by atoms with Crippen molar-refractivity contribution in [2.45, 2.75) is 40.2 Å². The van der Waals surface area contributed by atoms with Gasteiger partial charge in [0.05, 0.1) is 11.7 Å². The largest absolute Gasteiger partial charge is 0.324 e. The van der Waals surface area contributed by atoms with Crippen LogP contribution in [-0.2, 0) is 11.3 Å². The van der Waals surface area contributed by atoms with Gasteiger partial charge in [0.1, 0.15) is 11.4 Å². The van der Waals surface area contributed by atoms with Crippen LogP contribution in [0, 0.1) is 13.8 Å². The van der Waals surface area contributed by atoms with Gasteiger partial charge in [-0.1, -0.05) is 62.4 Å². The Balaban J connectivity index is 1.70. The van der Waals surface area contributed by atoms with E-state index in [1.165, 1.54) is 22.2 Å². The molecule has 0 unspecified atom stereocenters. The highest BCUT2D eigenvalue weighted by Gasteiger charge is 2.18. The molecule has 0 saturated heterocycles. The fourth-order valence-electron chi connectivity index (χ4n) is 3.88. The van der Waals surface area contributed by atoms with Crippen molar-refractivity contribution >= 4 is 33.1 Å². The van der Waals surface area contributed by atoms with Gasteiger partial charge in [0.2, 0.25) is 5.91 Å². The normalized spacial score (nSPS) is 11.3. The van der Waals surface area contributed by atoms with E-state index in [1.54, 1.807) is 0 Å². The molecule has 0 aliphatic heterocycles. The van der Waals surface area contributed by atoms with Crippen LogP contribution in [0.2, 0.25) is 0 Å². The molecule has 4 aromatic rings. The quantitative estimate of drug-likeness (QED) is 0.453. The molecule has 0 spiro atoms. The molecule has 0 saturated carbocycles. The van der Waals surface area contributed by atoms with Crippen LogP contribution in [0.25, 0.3) is 21.3 Å². The van der Waals surface area contributed by atoms with Crippen molar-refractivity contribution < 1.29 is 4.79 Å². The first kappa shape index (κ1) is 21.0. The molecule has 1 amide bonds. The molecule has 0 aliphatic carbocycles. The molecule has 0 bridgehead atoms. The topological polar surface area (TPSA) is 64.0 Å². The molecule has 2 heterocycles. The Morgan fingerprint density at radius 3 is 2.55 bits per heavy atom. The van der Waals surface area contributed by atoms with Crippen LogP contribution in [0.15, 0.2) is 59.7 Å². The second-order valence-corrected chi connectivity index (χ2v) is 9.20. The number of anilines is 1. The predicted octanol–water partition coefficient (Wildman–Crippen LogP) is 5.50. The van der Waals surface area contributed by atoms with Gasteiger partial charge in [0.25, 0.3) is 5.56 Å². The number of rotatable bonds is 5. The summed E-state index contributed by atoms with van der Waals surface area (Å²) in [5.41, 5.74) is 4.58. The van der Waals surface area contributed by atoms with E-state index in [2.05, 4.69) is 24.1 Å². The first-order valence-corrected chi connectivity index (χ1v) is 11.1. The summed E-state index contributed by atoms with van der Waals surface area (Å²) in [7, 11) is 0. The van der Waals surface area contributed by atoms with Crippen molar-refractivity contribution in [1.29, 1.82) is 0 Å². The van der Waals surface area contributed by atoms with Crippen LogP contribution >= 0.6 is 11.3 Å². The summed E-state index contributed by atoms with van der Waals surface area (Å²) < 4.78 is 1.39. The standard InChI is InChI=1S/C25H25N3O2S/c1-15(2)19-12-8-9-16(3)23(19)27-20(29)13-28-14-26-24-22(25(28)30)21(17(4)31-24)18-10-6-5-7-11-18/h5-12,14-15H,13H2,1-4H3,(H,27,29). The van der Waals surface area contributed by atoms with Crippen LogP contribution in [0.3, 0.4) is 0 Å². The van der Waals surface area contributed by atoms with Gasteiger partial charge in [-0.05, 0) is 36.5 Å². The Labute approximate surface area is 185 Å². The average molecular weight is 432 g/mol. The molecule has 5 nitrogen and oxygen atoms in total. The number of nitrogens with one attached hydrogen (secondary N) is 1. The van der Waals surface area contributed by atoms with Crippen molar-refractivity contribution in [3.63, 3.8) is 0 Å². The van der Waals surface area contributed by atoms with E-state index in [0.29, 0.717) is 10.2 Å². The lowest BCUT2D eigenvalue weighted by atomic mass is 9.98. The first-order valence-electron chi connectivity index (χ1n) is 10.3. The van der Waals surface area contributed by atoms with Gasteiger partial charge >= 0.3 is 0 Å². The van der Waals surface area contributed by atoms with E-state index in [1.807, 2.05) is 62.4 Å². The number of thiophene rings is 1. The summed E-state index contributed by atoms with van der Waals surface area (Å²) in [6, 6.07) is 15.8. The maximum atomic E-state index is 13.3. The van der Waals surface area contributed by atoms with Gasteiger partial charge in [-0.3, -0.25) is 14.2 Å². The third-order valence-corrected chi connectivity index (χ3v) is 6.44. The van der Waals surface area contributed by atoms with E-state index < -0.39 is 0 Å². The third-order valence-electron chi connectivity index (χ3n) is 5.42. The number of fused-ring (bicyclic) bond motifs is 1. The fraction of sp³-hybridized carbons (Fsp3) is 0.240. The van der Waals surface area contributed by atoms with E-state index in [4.69, 9.17) is 0 Å². The molecule has 2 aromatic heterocycles. The highest BCUT2D eigenvalue weighted by Crippen LogP contribution is 2.35. The molecule has 0 fully saturated rings. The summed E-state index contributed by atoms with van der Waals surface area (Å²) in [6.07, 6.45) is 1.47. The second-order valence-electron chi connectivity index (χ2n) is 8.00. The Kier molecular flexibility index (Phi) is 5.74. The van der Waals surface area contributed by atoms with E-state index >= 15 is 0 Å². The monoisotopic (exact) mass is 431 g/mol. The number of benzene rings is 2. The highest BCUT2D eigenvalue weighted by atomic mass is 32.1. The minimum absolute atomic E-state index is 0.0865. The smallest absolute Gasteiger partial charge is 0.263 e. The van der Waals surface area contributed by atoms with Crippen LogP contribution in [-0.4, -0.2) is 15.5 Å². The van der Waals surface area contributed by atoms with Gasteiger partial charge in [-0.25, -0.2) is 4.98 Å². The van der Waals surface area contributed by atoms with Crippen LogP contribution < -0.4 is 10.9 Å². The van der Waals surface area contributed by atoms with Gasteiger partial charge in [-0.15, -0.1) is 11.3 Å². The van der Waals surface area contributed by atoms with Gasteiger partial charge < -0.3 is 5.32 Å². The van der Waals surface area contributed by atoms with Crippen LogP contribution in [0.4, 0.5) is 5.69 Å². The lowest BCUT2D eigenvalue weighted by Gasteiger charge is -2.16. The molecule has 6 heteroatoms. The summed E-state index contributed by atoms with van der Waals surface area (Å²) in [4.78, 5) is 32.4. The molecular formula is C25H25N3O2S. The van der Waals surface area contributed by atoms with E-state index in [-0.39, 0.29) is 23.9 Å². The number of para-hydroxylation sites is 1. The number of nitrogens with zero attached hydrogens (tertiary/aromatic N) is 2. The molecule has 158 valence electrons. The SMILES string of the molecule is Cc1cccc(C(C)C)c1NC(=O)Cn1cnc2sc(C)c(-c3ccccc3)c2c1=O. The summed E-state index contributed by atoms with van der Waals surface area (Å²) in [5.74, 6) is 0.0332. The molecule has 1 N–H and O–H groups in total. The zero-order valence-corrected chi connectivity index (χ0v) is 18.9. The lowest BCUT2D eigenvalue weighted by molar-refractivity contribution is -0.116. The van der Waals surface area contributed by atoms with Crippen LogP contribution in [0.5, 0.6) is 0 Å². The van der Waals surface area contributed by atoms with Crippen molar-refractivity contribution in [3.8, 4) is 11.1 Å². The van der Waals surface area contributed by atoms with Crippen molar-refractivity contribution in [2.24, 2.45) is 0 Å². The zero-order valence-electron chi connectivity index (χ0n) is 18.1. The van der Waals surface area contributed by atoms with Gasteiger partial charge in [0, 0.05) is 16.1 Å². The van der Waals surface area contributed by atoms with E-state index in [9.17, 15) is 9.59 Å². The third kappa shape index (κ3) is 4.03. The predicted molar refractivity (Wildman–Crippen MR) is 128 cm³/mol. The van der Waals surface area contributed by atoms with E-state index in [0.717, 1.165) is 32.8 Å². The number of amides is 1. The Hall–Kier alpha value is -3.25. The Morgan fingerprint density at radius 2 is 1.84 bits per heavy atom. The van der Waals surface area contributed by atoms with Crippen LogP contribution in [0.1, 0.15) is 35.8 Å². The first-order chi connectivity index (χ1) is 14.9. The Bertz CT molecular complexity index is 1320. The van der Waals surface area contributed by atoms with Gasteiger partial charge in [-0.2, -0.15) is 0 Å². The highest BCUT2D eigenvalue weighted by molar-refractivity contribution is 7.19. The minimum Gasteiger partial charge on any atom is -0.324 e. The molecule has 0 atom stereocenters. The molecule has 0 aliphatic rings. The number of carbonyl (C=O) groups is 1. The maximum absolute atomic E-state index is 13.3. The number of aryl methyl sites for hydroxylation is 2. The summed E-state index contributed by atoms with van der Waals surface area (Å²) >= 11 is 1.50. The summed E-state index contributed by atoms with van der Waals surface area (Å²) in [6.45, 7) is 8.07. The van der Waals surface area contributed by atoms with Crippen molar-refractivity contribution in [3.05, 3.63) is 81.2 Å². The number of aromatic nitrogens is 2. The zero-order chi connectivity index (χ0) is 22.1. The molecule has 2 aromatic carbocycles. The fourth-order valence-corrected chi connectivity index (χ4v) is 4.88. The summed E-state index contributed by atoms with van der Waals surface area (Å²) in [5, 5.41) is 3.58. The van der Waals surface area contributed by atoms with Crippen molar-refractivity contribution in [2.75, 3.05) is 5.32 Å². The van der Waals surface area contributed by atoms with Crippen molar-refractivity contribution in [1.82, 2.24) is 9.55 Å². The minimum atomic E-state index is -0.243. The maximum Gasteiger partial charge on any atom is 0.263 e. The molecular weight excluding hydrogens is 406 g/mol. The lowest BCUT2D eigenvalue weighted by Crippen LogP contribution is -2.28. The van der Waals surface area contributed by atoms with Gasteiger partial charge in [0.15, 0.2) is 0 Å². The molecule has 31 heavy (non-hydrogen) atoms. The number of hydrogen-bond donors (Lipinski definition) is 1. The average Bonchev–Trinajstić information content (AvgIpc) is 3.08. The number of hydrogen-bond acceptors (Lipinski definition) is 4. The Morgan fingerprint density at radius 1 is 1.10 bits per heavy atom. The second kappa shape index (κ2) is 8.47. The molecule has 4 rings (SSSR count). The molecule has 0 radical (unpaired) electrons.